The predicted octanol–water partition coefficient (Wildman–Crippen LogP) is 2.52. The average molecular weight is 342 g/mol. The summed E-state index contributed by atoms with van der Waals surface area (Å²) in [6.07, 6.45) is 0. The summed E-state index contributed by atoms with van der Waals surface area (Å²) in [5.41, 5.74) is 7.77. The van der Waals surface area contributed by atoms with Crippen molar-refractivity contribution in [1.82, 2.24) is 0 Å². The van der Waals surface area contributed by atoms with Crippen LogP contribution < -0.4 is 24.8 Å². The summed E-state index contributed by atoms with van der Waals surface area (Å²) in [6, 6.07) is 12.2. The third kappa shape index (κ3) is 3.00. The molecule has 1 saturated heterocycles. The van der Waals surface area contributed by atoms with Gasteiger partial charge in [-0.05, 0) is 48.9 Å². The normalized spacial score (nSPS) is 19.4. The lowest BCUT2D eigenvalue weighted by Gasteiger charge is -2.45. The highest BCUT2D eigenvalue weighted by atomic mass is 16.5. The van der Waals surface area contributed by atoms with Crippen molar-refractivity contribution >= 4 is 11.6 Å². The minimum absolute atomic E-state index is 0.107. The van der Waals surface area contributed by atoms with Gasteiger partial charge in [-0.1, -0.05) is 6.07 Å². The molecule has 1 heterocycles. The molecule has 0 radical (unpaired) electrons. The number of nitrogens with zero attached hydrogens (tertiary/aromatic N) is 1. The number of benzene rings is 2. The first-order chi connectivity index (χ1) is 12.1. The first-order valence-electron chi connectivity index (χ1n) is 8.14. The van der Waals surface area contributed by atoms with E-state index in [2.05, 4.69) is 0 Å². The molecule has 6 nitrogen and oxygen atoms in total. The Labute approximate surface area is 147 Å². The van der Waals surface area contributed by atoms with Crippen LogP contribution in [0.2, 0.25) is 0 Å². The van der Waals surface area contributed by atoms with Gasteiger partial charge in [-0.2, -0.15) is 0 Å². The molecular weight excluding hydrogens is 320 g/mol. The summed E-state index contributed by atoms with van der Waals surface area (Å²) < 4.78 is 16.1. The molecule has 2 aromatic rings. The Kier molecular flexibility index (Phi) is 4.81. The average Bonchev–Trinajstić information content (AvgIpc) is 2.66. The highest BCUT2D eigenvalue weighted by Crippen LogP contribution is 2.41. The predicted molar refractivity (Wildman–Crippen MR) is 95.4 cm³/mol. The number of ether oxygens (including phenoxy) is 3. The molecule has 0 spiro atoms. The van der Waals surface area contributed by atoms with E-state index >= 15 is 0 Å². The summed E-state index contributed by atoms with van der Waals surface area (Å²) in [5.74, 6) is 1.91. The minimum atomic E-state index is -0.579. The van der Waals surface area contributed by atoms with Crippen molar-refractivity contribution in [3.05, 3.63) is 48.0 Å². The lowest BCUT2D eigenvalue weighted by Crippen LogP contribution is -2.63. The second-order valence-corrected chi connectivity index (χ2v) is 5.72. The molecule has 0 aromatic heterocycles. The van der Waals surface area contributed by atoms with E-state index in [1.54, 1.807) is 19.1 Å². The van der Waals surface area contributed by atoms with Gasteiger partial charge in [0, 0.05) is 5.69 Å². The van der Waals surface area contributed by atoms with E-state index in [4.69, 9.17) is 19.9 Å². The molecular formula is C19H22N2O4. The second kappa shape index (κ2) is 7.03. The quantitative estimate of drug-likeness (QED) is 0.817. The van der Waals surface area contributed by atoms with Gasteiger partial charge >= 0.3 is 0 Å². The molecule has 0 saturated carbocycles. The number of anilines is 1. The fourth-order valence-electron chi connectivity index (χ4n) is 3.06. The van der Waals surface area contributed by atoms with Crippen LogP contribution in [0.25, 0.3) is 0 Å². The van der Waals surface area contributed by atoms with Gasteiger partial charge in [0.05, 0.1) is 26.9 Å². The van der Waals surface area contributed by atoms with E-state index in [9.17, 15) is 4.79 Å². The zero-order chi connectivity index (χ0) is 18.0. The zero-order valence-electron chi connectivity index (χ0n) is 14.6. The number of rotatable bonds is 6. The van der Waals surface area contributed by atoms with Gasteiger partial charge in [0.1, 0.15) is 11.8 Å². The first kappa shape index (κ1) is 17.1. The van der Waals surface area contributed by atoms with Crippen LogP contribution in [0.5, 0.6) is 17.2 Å². The maximum Gasteiger partial charge on any atom is 0.247 e. The van der Waals surface area contributed by atoms with Crippen LogP contribution >= 0.6 is 0 Å². The number of carbonyl (C=O) groups excluding carboxylic acids is 1. The number of hydrogen-bond donors (Lipinski definition) is 1. The van der Waals surface area contributed by atoms with Gasteiger partial charge in [0.2, 0.25) is 5.91 Å². The number of carbonyl (C=O) groups is 1. The van der Waals surface area contributed by atoms with Gasteiger partial charge in [-0.25, -0.2) is 0 Å². The molecule has 1 aliphatic rings. The molecule has 1 aliphatic heterocycles. The Morgan fingerprint density at radius 3 is 2.32 bits per heavy atom. The molecule has 0 unspecified atom stereocenters. The van der Waals surface area contributed by atoms with Crippen LogP contribution in [0.15, 0.2) is 42.5 Å². The number of amides is 1. The number of β-lactam (4-membered cyclic amide) rings is 1. The smallest absolute Gasteiger partial charge is 0.247 e. The van der Waals surface area contributed by atoms with Gasteiger partial charge < -0.3 is 24.8 Å². The van der Waals surface area contributed by atoms with Crippen LogP contribution in [0, 0.1) is 0 Å². The molecule has 2 aromatic carbocycles. The maximum absolute atomic E-state index is 12.3. The summed E-state index contributed by atoms with van der Waals surface area (Å²) >= 11 is 0. The van der Waals surface area contributed by atoms with Crippen molar-refractivity contribution in [2.45, 2.75) is 19.0 Å². The minimum Gasteiger partial charge on any atom is -0.494 e. The van der Waals surface area contributed by atoms with Gasteiger partial charge in [-0.15, -0.1) is 0 Å². The third-order valence-corrected chi connectivity index (χ3v) is 4.32. The van der Waals surface area contributed by atoms with Gasteiger partial charge in [0.15, 0.2) is 11.5 Å². The Hall–Kier alpha value is -2.73. The summed E-state index contributed by atoms with van der Waals surface area (Å²) in [7, 11) is 3.17. The topological polar surface area (TPSA) is 74.0 Å². The first-order valence-corrected chi connectivity index (χ1v) is 8.14. The van der Waals surface area contributed by atoms with Crippen LogP contribution in [0.4, 0.5) is 5.69 Å². The Balaban J connectivity index is 1.91. The summed E-state index contributed by atoms with van der Waals surface area (Å²) in [6.45, 7) is 2.53. The van der Waals surface area contributed by atoms with Crippen molar-refractivity contribution < 1.29 is 19.0 Å². The second-order valence-electron chi connectivity index (χ2n) is 5.72. The summed E-state index contributed by atoms with van der Waals surface area (Å²) in [4.78, 5) is 14.0. The maximum atomic E-state index is 12.3. The Bertz CT molecular complexity index is 761. The molecule has 6 heteroatoms. The molecule has 1 fully saturated rings. The lowest BCUT2D eigenvalue weighted by molar-refractivity contribution is -0.126. The molecule has 25 heavy (non-hydrogen) atoms. The zero-order valence-corrected chi connectivity index (χ0v) is 14.6. The highest BCUT2D eigenvalue weighted by Gasteiger charge is 2.46. The monoisotopic (exact) mass is 342 g/mol. The third-order valence-electron chi connectivity index (χ3n) is 4.32. The van der Waals surface area contributed by atoms with Gasteiger partial charge in [-0.3, -0.25) is 4.79 Å². The van der Waals surface area contributed by atoms with Crippen molar-refractivity contribution in [2.24, 2.45) is 5.73 Å². The number of hydrogen-bond acceptors (Lipinski definition) is 5. The fourth-order valence-corrected chi connectivity index (χ4v) is 3.06. The van der Waals surface area contributed by atoms with E-state index in [0.717, 1.165) is 17.0 Å². The van der Waals surface area contributed by atoms with E-state index < -0.39 is 6.04 Å². The van der Waals surface area contributed by atoms with Crippen LogP contribution in [0.1, 0.15) is 18.5 Å². The van der Waals surface area contributed by atoms with E-state index in [1.165, 1.54) is 0 Å². The molecule has 132 valence electrons. The van der Waals surface area contributed by atoms with Crippen molar-refractivity contribution in [3.63, 3.8) is 0 Å². The van der Waals surface area contributed by atoms with Crippen LogP contribution in [0.3, 0.4) is 0 Å². The van der Waals surface area contributed by atoms with E-state index in [1.807, 2.05) is 49.4 Å². The molecule has 2 N–H and O–H groups in total. The molecule has 0 aliphatic carbocycles. The fraction of sp³-hybridized carbons (Fsp3) is 0.316. The molecule has 3 rings (SSSR count). The molecule has 2 atom stereocenters. The standard InChI is InChI=1S/C19H22N2O4/c1-4-25-14-8-6-13(7-9-14)21-18(17(20)19(21)22)12-5-10-15(23-2)16(11-12)24-3/h5-11,17-18H,4,20H2,1-3H3/t17-,18-/m0/s1. The van der Waals surface area contributed by atoms with Crippen molar-refractivity contribution in [1.29, 1.82) is 0 Å². The molecule has 0 bridgehead atoms. The molecule has 1 amide bonds. The largest absolute Gasteiger partial charge is 0.494 e. The summed E-state index contributed by atoms with van der Waals surface area (Å²) in [5, 5.41) is 0. The number of nitrogens with two attached hydrogens (primary N) is 1. The van der Waals surface area contributed by atoms with Crippen molar-refractivity contribution in [3.8, 4) is 17.2 Å². The van der Waals surface area contributed by atoms with Crippen LogP contribution in [-0.4, -0.2) is 32.8 Å². The van der Waals surface area contributed by atoms with Crippen molar-refractivity contribution in [2.75, 3.05) is 25.7 Å². The SMILES string of the molecule is CCOc1ccc(N2C(=O)[C@@H](N)[C@@H]2c2ccc(OC)c(OC)c2)cc1. The van der Waals surface area contributed by atoms with Crippen LogP contribution in [-0.2, 0) is 4.79 Å². The van der Waals surface area contributed by atoms with E-state index in [-0.39, 0.29) is 11.9 Å². The lowest BCUT2D eigenvalue weighted by atomic mass is 9.88. The highest BCUT2D eigenvalue weighted by molar-refractivity contribution is 6.05. The van der Waals surface area contributed by atoms with E-state index in [0.29, 0.717) is 18.1 Å². The Morgan fingerprint density at radius 2 is 1.72 bits per heavy atom. The Morgan fingerprint density at radius 1 is 1.04 bits per heavy atom. The van der Waals surface area contributed by atoms with Gasteiger partial charge in [0.25, 0.3) is 0 Å². The number of methoxy groups -OCH3 is 2.